The van der Waals surface area contributed by atoms with Crippen molar-refractivity contribution in [3.05, 3.63) is 106 Å². The van der Waals surface area contributed by atoms with E-state index in [-0.39, 0.29) is 47.4 Å². The summed E-state index contributed by atoms with van der Waals surface area (Å²) < 4.78 is 24.2. The Morgan fingerprint density at radius 3 is 1.22 bits per heavy atom. The zero-order valence-electron chi connectivity index (χ0n) is 39.3. The SMILES string of the molecule is CC(C)(C)c1cc(OCC(=O)Oc2ccc(C3CCCCCCC3c3ccc(OC(=O)COc4ccc(O)c(C(C)(C)C)c4)c(C4CCCCC4)c3)cc2C2CCCCC2)ccc1O. The first-order valence-electron chi connectivity index (χ1n) is 24.3. The van der Waals surface area contributed by atoms with Crippen LogP contribution in [0.2, 0.25) is 0 Å². The molecular weight excluding hydrogens is 801 g/mol. The maximum atomic E-state index is 13.4. The molecule has 0 aromatic heterocycles. The van der Waals surface area contributed by atoms with Crippen LogP contribution in [0.1, 0.15) is 201 Å². The number of hydrogen-bond donors (Lipinski definition) is 2. The molecule has 0 heterocycles. The number of ether oxygens (including phenoxy) is 4. The van der Waals surface area contributed by atoms with Crippen molar-refractivity contribution in [2.45, 2.75) is 179 Å². The van der Waals surface area contributed by atoms with Gasteiger partial charge in [0.25, 0.3) is 0 Å². The third-order valence-corrected chi connectivity index (χ3v) is 14.0. The number of rotatable bonds is 12. The van der Waals surface area contributed by atoms with Gasteiger partial charge in [-0.3, -0.25) is 0 Å². The average molecular weight is 873 g/mol. The van der Waals surface area contributed by atoms with E-state index in [1.807, 2.05) is 53.7 Å². The maximum Gasteiger partial charge on any atom is 0.349 e. The van der Waals surface area contributed by atoms with Gasteiger partial charge in [-0.05, 0) is 144 Å². The zero-order chi connectivity index (χ0) is 45.4. The van der Waals surface area contributed by atoms with Gasteiger partial charge in [-0.15, -0.1) is 0 Å². The van der Waals surface area contributed by atoms with Crippen LogP contribution in [0.25, 0.3) is 0 Å². The number of phenols is 2. The van der Waals surface area contributed by atoms with Gasteiger partial charge >= 0.3 is 11.9 Å². The molecule has 64 heavy (non-hydrogen) atoms. The highest BCUT2D eigenvalue weighted by atomic mass is 16.6. The van der Waals surface area contributed by atoms with E-state index in [0.29, 0.717) is 34.8 Å². The van der Waals surface area contributed by atoms with E-state index in [1.165, 1.54) is 36.8 Å². The van der Waals surface area contributed by atoms with Crippen molar-refractivity contribution < 1.29 is 38.7 Å². The number of benzene rings is 4. The van der Waals surface area contributed by atoms with Gasteiger partial charge in [0, 0.05) is 11.1 Å². The summed E-state index contributed by atoms with van der Waals surface area (Å²) in [4.78, 5) is 26.9. The number of phenolic OH excluding ortho intramolecular Hbond substituents is 2. The lowest BCUT2D eigenvalue weighted by Gasteiger charge is -2.33. The molecule has 0 spiro atoms. The van der Waals surface area contributed by atoms with Crippen LogP contribution in [0.5, 0.6) is 34.5 Å². The molecule has 3 fully saturated rings. The Bertz CT molecular complexity index is 2060. The van der Waals surface area contributed by atoms with Gasteiger partial charge in [-0.1, -0.05) is 130 Å². The van der Waals surface area contributed by atoms with Gasteiger partial charge in [0.15, 0.2) is 13.2 Å². The third kappa shape index (κ3) is 12.0. The van der Waals surface area contributed by atoms with E-state index < -0.39 is 11.9 Å². The Kier molecular flexibility index (Phi) is 15.3. The molecule has 344 valence electrons. The van der Waals surface area contributed by atoms with E-state index in [0.717, 1.165) is 99.3 Å². The lowest BCUT2D eigenvalue weighted by Crippen LogP contribution is -2.21. The van der Waals surface area contributed by atoms with E-state index in [1.54, 1.807) is 36.4 Å². The van der Waals surface area contributed by atoms with Crippen LogP contribution in [-0.2, 0) is 20.4 Å². The highest BCUT2D eigenvalue weighted by Gasteiger charge is 2.31. The van der Waals surface area contributed by atoms with Crippen molar-refractivity contribution >= 4 is 11.9 Å². The van der Waals surface area contributed by atoms with Crippen LogP contribution in [0.4, 0.5) is 0 Å². The zero-order valence-corrected chi connectivity index (χ0v) is 39.3. The number of carbonyl (C=O) groups is 2. The summed E-state index contributed by atoms with van der Waals surface area (Å²) in [5.41, 5.74) is 5.81. The predicted octanol–water partition coefficient (Wildman–Crippen LogP) is 14.0. The maximum absolute atomic E-state index is 13.4. The van der Waals surface area contributed by atoms with Crippen molar-refractivity contribution in [1.29, 1.82) is 0 Å². The van der Waals surface area contributed by atoms with Gasteiger partial charge in [-0.25, -0.2) is 9.59 Å². The van der Waals surface area contributed by atoms with E-state index in [9.17, 15) is 19.8 Å². The second kappa shape index (κ2) is 20.9. The number of hydrogen-bond acceptors (Lipinski definition) is 8. The highest BCUT2D eigenvalue weighted by Crippen LogP contribution is 2.48. The molecular formula is C56H72O8. The van der Waals surface area contributed by atoms with Gasteiger partial charge < -0.3 is 29.2 Å². The van der Waals surface area contributed by atoms with Crippen LogP contribution >= 0.6 is 0 Å². The first kappa shape index (κ1) is 47.0. The fourth-order valence-electron chi connectivity index (χ4n) is 10.5. The third-order valence-electron chi connectivity index (χ3n) is 14.0. The molecule has 0 amide bonds. The summed E-state index contributed by atoms with van der Waals surface area (Å²) >= 11 is 0. The van der Waals surface area contributed by atoms with Crippen LogP contribution in [0, 0.1) is 0 Å². The monoisotopic (exact) mass is 873 g/mol. The van der Waals surface area contributed by atoms with Crippen molar-refractivity contribution in [3.8, 4) is 34.5 Å². The Morgan fingerprint density at radius 2 is 0.844 bits per heavy atom. The quantitative estimate of drug-likeness (QED) is 0.107. The summed E-state index contributed by atoms with van der Waals surface area (Å²) in [7, 11) is 0. The minimum atomic E-state index is -0.448. The fraction of sp³-hybridized carbons (Fsp3) is 0.536. The molecule has 0 bridgehead atoms. The van der Waals surface area contributed by atoms with E-state index in [2.05, 4.69) is 24.3 Å². The van der Waals surface area contributed by atoms with Gasteiger partial charge in [-0.2, -0.15) is 0 Å². The molecule has 2 N–H and O–H groups in total. The average Bonchev–Trinajstić information content (AvgIpc) is 3.26. The largest absolute Gasteiger partial charge is 0.508 e. The minimum Gasteiger partial charge on any atom is -0.508 e. The topological polar surface area (TPSA) is 112 Å². The fourth-order valence-corrected chi connectivity index (χ4v) is 10.5. The highest BCUT2D eigenvalue weighted by molar-refractivity contribution is 5.75. The molecule has 0 radical (unpaired) electrons. The van der Waals surface area contributed by atoms with Crippen LogP contribution in [0.3, 0.4) is 0 Å². The van der Waals surface area contributed by atoms with Crippen molar-refractivity contribution in [2.75, 3.05) is 13.2 Å². The molecule has 4 aromatic carbocycles. The summed E-state index contributed by atoms with van der Waals surface area (Å²) in [6, 6.07) is 23.4. The van der Waals surface area contributed by atoms with E-state index >= 15 is 0 Å². The van der Waals surface area contributed by atoms with E-state index in [4.69, 9.17) is 18.9 Å². The first-order valence-corrected chi connectivity index (χ1v) is 24.3. The number of carbonyl (C=O) groups excluding carboxylic acids is 2. The lowest BCUT2D eigenvalue weighted by atomic mass is 9.72. The Labute approximate surface area is 382 Å². The Balaban J connectivity index is 1.13. The van der Waals surface area contributed by atoms with Crippen LogP contribution in [0.15, 0.2) is 72.8 Å². The molecule has 2 atom stereocenters. The molecule has 3 aliphatic rings. The molecule has 8 heteroatoms. The normalized spacial score (nSPS) is 19.3. The Morgan fingerprint density at radius 1 is 0.484 bits per heavy atom. The summed E-state index contributed by atoms with van der Waals surface area (Å²) in [6.45, 7) is 11.7. The molecule has 3 saturated carbocycles. The van der Waals surface area contributed by atoms with Crippen molar-refractivity contribution in [3.63, 3.8) is 0 Å². The number of esters is 2. The van der Waals surface area contributed by atoms with Crippen LogP contribution in [-0.4, -0.2) is 35.4 Å². The summed E-state index contributed by atoms with van der Waals surface area (Å²) in [6.07, 6.45) is 18.3. The lowest BCUT2D eigenvalue weighted by molar-refractivity contribution is -0.137. The molecule has 2 unspecified atom stereocenters. The summed E-state index contributed by atoms with van der Waals surface area (Å²) in [5, 5.41) is 20.9. The standard InChI is InChI=1S/C56H72O8/c1-55(2,3)47-33-41(25-27-49(47)57)61-35-53(59)63-51-29-23-39(31-45(51)37-17-11-9-12-18-37)43-21-15-7-8-16-22-44(43)40-24-30-52(46(32-40)38-19-13-10-14-20-38)64-54(60)36-62-42-26-28-50(58)48(34-42)56(4,5)6/h23-34,37-38,43-44,57-58H,7-22,35-36H2,1-6H3. The Hall–Kier alpha value is -4.98. The molecule has 8 nitrogen and oxygen atoms in total. The van der Waals surface area contributed by atoms with Gasteiger partial charge in [0.05, 0.1) is 0 Å². The smallest absolute Gasteiger partial charge is 0.349 e. The van der Waals surface area contributed by atoms with Crippen molar-refractivity contribution in [1.82, 2.24) is 0 Å². The van der Waals surface area contributed by atoms with Gasteiger partial charge in [0.2, 0.25) is 0 Å². The molecule has 4 aromatic rings. The molecule has 0 saturated heterocycles. The molecule has 7 rings (SSSR count). The molecule has 0 aliphatic heterocycles. The first-order chi connectivity index (χ1) is 30.6. The second-order valence-corrected chi connectivity index (χ2v) is 20.9. The van der Waals surface area contributed by atoms with Crippen molar-refractivity contribution in [2.24, 2.45) is 0 Å². The van der Waals surface area contributed by atoms with Gasteiger partial charge in [0.1, 0.15) is 34.5 Å². The predicted molar refractivity (Wildman–Crippen MR) is 254 cm³/mol. The summed E-state index contributed by atoms with van der Waals surface area (Å²) in [5.74, 6) is 3.02. The van der Waals surface area contributed by atoms with Crippen LogP contribution < -0.4 is 18.9 Å². The second-order valence-electron chi connectivity index (χ2n) is 20.9. The number of aromatic hydroxyl groups is 2. The minimum absolute atomic E-state index is 0.206. The molecule has 3 aliphatic carbocycles.